The van der Waals surface area contributed by atoms with E-state index in [1.165, 1.54) is 17.7 Å². The highest BCUT2D eigenvalue weighted by atomic mass is 32.2. The summed E-state index contributed by atoms with van der Waals surface area (Å²) >= 11 is 3.39. The van der Waals surface area contributed by atoms with E-state index in [0.29, 0.717) is 0 Å². The minimum Gasteiger partial charge on any atom is -0.744 e. The van der Waals surface area contributed by atoms with Crippen molar-refractivity contribution in [3.63, 3.8) is 0 Å². The van der Waals surface area contributed by atoms with Crippen LogP contribution >= 0.6 is 0 Å². The fourth-order valence-electron chi connectivity index (χ4n) is 1.26. The lowest BCUT2D eigenvalue weighted by Crippen LogP contribution is -1.97. The van der Waals surface area contributed by atoms with Gasteiger partial charge in [-0.15, -0.1) is 0 Å². The van der Waals surface area contributed by atoms with E-state index in [2.05, 4.69) is 31.7 Å². The van der Waals surface area contributed by atoms with Crippen molar-refractivity contribution in [1.29, 1.82) is 0 Å². The molecule has 0 N–H and O–H groups in total. The first-order valence-corrected chi connectivity index (χ1v) is 7.51. The van der Waals surface area contributed by atoms with Gasteiger partial charge in [0.05, 0.1) is 4.90 Å². The summed E-state index contributed by atoms with van der Waals surface area (Å²) in [6.45, 7) is 3.90. The molecule has 0 fully saturated rings. The van der Waals surface area contributed by atoms with Crippen LogP contribution in [-0.4, -0.2) is 13.0 Å². The van der Waals surface area contributed by atoms with Crippen molar-refractivity contribution in [2.75, 3.05) is 0 Å². The van der Waals surface area contributed by atoms with Gasteiger partial charge in [-0.2, -0.15) is 0 Å². The SMILES string of the molecule is Cc1ccc(S(=O)(=O)[O-])cc1.Cc1ccc([SH2+])cc1. The lowest BCUT2D eigenvalue weighted by molar-refractivity contribution is 0.463. The fraction of sp³-hybridized carbons (Fsp3) is 0.143. The van der Waals surface area contributed by atoms with Crippen LogP contribution in [0, 0.1) is 13.8 Å². The van der Waals surface area contributed by atoms with E-state index in [0.717, 1.165) is 10.5 Å². The molecular formula is C14H16O3S2. The first-order chi connectivity index (χ1) is 8.79. The van der Waals surface area contributed by atoms with E-state index in [1.807, 2.05) is 19.1 Å². The second-order valence-electron chi connectivity index (χ2n) is 4.13. The summed E-state index contributed by atoms with van der Waals surface area (Å²) < 4.78 is 31.2. The molecule has 19 heavy (non-hydrogen) atoms. The van der Waals surface area contributed by atoms with E-state index in [9.17, 15) is 13.0 Å². The highest BCUT2D eigenvalue weighted by Crippen LogP contribution is 2.08. The maximum atomic E-state index is 10.4. The van der Waals surface area contributed by atoms with Gasteiger partial charge in [0.1, 0.15) is 15.0 Å². The third-order valence-corrected chi connectivity index (χ3v) is 3.54. The van der Waals surface area contributed by atoms with Crippen molar-refractivity contribution < 1.29 is 13.0 Å². The molecule has 2 aromatic rings. The second kappa shape index (κ2) is 6.75. The van der Waals surface area contributed by atoms with Crippen LogP contribution in [0.15, 0.2) is 58.3 Å². The van der Waals surface area contributed by atoms with Crippen LogP contribution in [0.25, 0.3) is 0 Å². The average molecular weight is 296 g/mol. The van der Waals surface area contributed by atoms with Crippen molar-refractivity contribution >= 4 is 22.7 Å². The van der Waals surface area contributed by atoms with E-state index < -0.39 is 10.1 Å². The molecule has 0 radical (unpaired) electrons. The summed E-state index contributed by atoms with van der Waals surface area (Å²) in [5.41, 5.74) is 2.23. The summed E-state index contributed by atoms with van der Waals surface area (Å²) in [6.07, 6.45) is 0. The van der Waals surface area contributed by atoms with Crippen LogP contribution in [0.1, 0.15) is 11.1 Å². The Morgan fingerprint density at radius 2 is 1.21 bits per heavy atom. The summed E-state index contributed by atoms with van der Waals surface area (Å²) in [5, 5.41) is 0. The summed E-state index contributed by atoms with van der Waals surface area (Å²) in [4.78, 5) is 0.957. The van der Waals surface area contributed by atoms with Crippen molar-refractivity contribution in [3.05, 3.63) is 59.7 Å². The Kier molecular flexibility index (Phi) is 5.60. The zero-order chi connectivity index (χ0) is 14.5. The van der Waals surface area contributed by atoms with Crippen LogP contribution in [0.4, 0.5) is 0 Å². The Morgan fingerprint density at radius 1 is 0.842 bits per heavy atom. The summed E-state index contributed by atoms with van der Waals surface area (Å²) in [6, 6.07) is 14.0. The first kappa shape index (κ1) is 15.8. The van der Waals surface area contributed by atoms with Gasteiger partial charge >= 0.3 is 0 Å². The van der Waals surface area contributed by atoms with Gasteiger partial charge < -0.3 is 4.55 Å². The Morgan fingerprint density at radius 3 is 1.53 bits per heavy atom. The van der Waals surface area contributed by atoms with Crippen LogP contribution in [0.5, 0.6) is 0 Å². The number of rotatable bonds is 1. The molecule has 0 bridgehead atoms. The molecule has 0 aliphatic heterocycles. The van der Waals surface area contributed by atoms with Crippen LogP contribution < -0.4 is 0 Å². The summed E-state index contributed by atoms with van der Waals surface area (Å²) in [7, 11) is -4.27. The molecule has 0 saturated heterocycles. The quantitative estimate of drug-likeness (QED) is 0.599. The number of benzene rings is 2. The molecule has 2 rings (SSSR count). The molecule has 0 spiro atoms. The van der Waals surface area contributed by atoms with Gasteiger partial charge in [0, 0.05) is 0 Å². The van der Waals surface area contributed by atoms with Gasteiger partial charge in [0.2, 0.25) is 0 Å². The first-order valence-electron chi connectivity index (χ1n) is 5.60. The van der Waals surface area contributed by atoms with Crippen molar-refractivity contribution in [3.8, 4) is 0 Å². The van der Waals surface area contributed by atoms with Crippen LogP contribution in [0.2, 0.25) is 0 Å². The van der Waals surface area contributed by atoms with Gasteiger partial charge in [0.15, 0.2) is 0 Å². The number of hydrogen-bond acceptors (Lipinski definition) is 3. The van der Waals surface area contributed by atoms with E-state index in [1.54, 1.807) is 12.1 Å². The molecule has 0 atom stereocenters. The predicted molar refractivity (Wildman–Crippen MR) is 78.7 cm³/mol. The van der Waals surface area contributed by atoms with Gasteiger partial charge in [-0.05, 0) is 50.7 Å². The molecule has 3 nitrogen and oxygen atoms in total. The van der Waals surface area contributed by atoms with Crippen LogP contribution in [-0.2, 0) is 22.7 Å². The highest BCUT2D eigenvalue weighted by Gasteiger charge is 1.97. The van der Waals surface area contributed by atoms with Gasteiger partial charge in [-0.3, -0.25) is 0 Å². The third kappa shape index (κ3) is 5.92. The molecule has 0 aliphatic rings. The zero-order valence-electron chi connectivity index (χ0n) is 10.8. The number of aryl methyl sites for hydroxylation is 2. The van der Waals surface area contributed by atoms with E-state index in [-0.39, 0.29) is 4.90 Å². The molecule has 0 heterocycles. The number of hydrogen-bond donors (Lipinski definition) is 0. The van der Waals surface area contributed by atoms with Crippen molar-refractivity contribution in [1.82, 2.24) is 0 Å². The van der Waals surface area contributed by atoms with Gasteiger partial charge in [-0.1, -0.05) is 35.4 Å². The molecule has 0 saturated carbocycles. The summed E-state index contributed by atoms with van der Waals surface area (Å²) in [5.74, 6) is 0. The van der Waals surface area contributed by atoms with Crippen molar-refractivity contribution in [2.24, 2.45) is 0 Å². The largest absolute Gasteiger partial charge is 0.744 e. The monoisotopic (exact) mass is 296 g/mol. The average Bonchev–Trinajstić information content (AvgIpc) is 2.33. The Labute approximate surface area is 119 Å². The third-order valence-electron chi connectivity index (χ3n) is 2.36. The van der Waals surface area contributed by atoms with E-state index >= 15 is 0 Å². The minimum absolute atomic E-state index is 0.178. The smallest absolute Gasteiger partial charge is 0.150 e. The molecule has 102 valence electrons. The van der Waals surface area contributed by atoms with Gasteiger partial charge in [0.25, 0.3) is 0 Å². The van der Waals surface area contributed by atoms with Gasteiger partial charge in [-0.25, -0.2) is 8.42 Å². The molecule has 0 aromatic heterocycles. The normalized spacial score (nSPS) is 10.5. The molecular weight excluding hydrogens is 280 g/mol. The maximum Gasteiger partial charge on any atom is 0.150 e. The molecule has 0 amide bonds. The molecule has 0 unspecified atom stereocenters. The lowest BCUT2D eigenvalue weighted by Gasteiger charge is -2.05. The standard InChI is InChI=1S/C7H8O3S.C7H8S/c1-6-2-4-7(5-3-6)11(8,9)10;1-6-2-4-7(8)5-3-6/h2-5H,1H3,(H,8,9,10);2-5,8H,1H3. The Hall–Kier alpha value is -1.30. The topological polar surface area (TPSA) is 57.2 Å². The van der Waals surface area contributed by atoms with Crippen LogP contribution in [0.3, 0.4) is 0 Å². The molecule has 5 heteroatoms. The van der Waals surface area contributed by atoms with Crippen molar-refractivity contribution in [2.45, 2.75) is 23.6 Å². The fourth-order valence-corrected chi connectivity index (χ4v) is 1.89. The Bertz CT molecular complexity index is 594. The minimum atomic E-state index is -4.27. The zero-order valence-corrected chi connectivity index (χ0v) is 12.6. The Balaban J connectivity index is 0.000000200. The lowest BCUT2D eigenvalue weighted by atomic mass is 10.2. The molecule has 0 aliphatic carbocycles. The predicted octanol–water partition coefficient (Wildman–Crippen LogP) is 2.26. The second-order valence-corrected chi connectivity index (χ2v) is 6.09. The molecule has 2 aromatic carbocycles. The van der Waals surface area contributed by atoms with E-state index in [4.69, 9.17) is 0 Å². The maximum absolute atomic E-state index is 10.4. The highest BCUT2D eigenvalue weighted by molar-refractivity contribution is 7.85.